The molecule has 4 nitrogen and oxygen atoms in total. The van der Waals surface area contributed by atoms with Gasteiger partial charge in [0, 0.05) is 6.42 Å². The smallest absolute Gasteiger partial charge is 0.313 e. The highest BCUT2D eigenvalue weighted by Gasteiger charge is 2.40. The fourth-order valence-electron chi connectivity index (χ4n) is 3.81. The summed E-state index contributed by atoms with van der Waals surface area (Å²) in [6.45, 7) is 2.26. The number of amides is 1. The molecule has 0 aromatic rings. The summed E-state index contributed by atoms with van der Waals surface area (Å²) in [5.74, 6) is -0.151. The van der Waals surface area contributed by atoms with Gasteiger partial charge in [-0.2, -0.15) is 0 Å². The molecule has 26 heavy (non-hydrogen) atoms. The van der Waals surface area contributed by atoms with Crippen LogP contribution in [0.25, 0.3) is 0 Å². The van der Waals surface area contributed by atoms with Crippen molar-refractivity contribution < 1.29 is 14.3 Å². The summed E-state index contributed by atoms with van der Waals surface area (Å²) in [7, 11) is 0. The molecule has 2 N–H and O–H groups in total. The van der Waals surface area contributed by atoms with Gasteiger partial charge in [-0.25, -0.2) is 0 Å². The summed E-state index contributed by atoms with van der Waals surface area (Å²) < 4.78 is 5.33. The zero-order valence-corrected chi connectivity index (χ0v) is 17.0. The first-order valence-electron chi connectivity index (χ1n) is 11.1. The molecule has 1 heterocycles. The molecule has 0 radical (unpaired) electrons. The van der Waals surface area contributed by atoms with Crippen LogP contribution in [-0.4, -0.2) is 18.0 Å². The van der Waals surface area contributed by atoms with Crippen LogP contribution in [0.3, 0.4) is 0 Å². The fraction of sp³-hybridized carbons (Fsp3) is 0.909. The predicted octanol–water partition coefficient (Wildman–Crippen LogP) is 5.66. The molecule has 0 aromatic heterocycles. The predicted molar refractivity (Wildman–Crippen MR) is 107 cm³/mol. The van der Waals surface area contributed by atoms with E-state index in [4.69, 9.17) is 10.5 Å². The minimum absolute atomic E-state index is 0.0204. The van der Waals surface area contributed by atoms with Crippen molar-refractivity contribution in [1.29, 1.82) is 0 Å². The zero-order valence-electron chi connectivity index (χ0n) is 17.0. The summed E-state index contributed by atoms with van der Waals surface area (Å²) in [5.41, 5.74) is 5.13. The maximum absolute atomic E-state index is 11.6. The molecule has 1 aliphatic rings. The van der Waals surface area contributed by atoms with Crippen molar-refractivity contribution in [3.05, 3.63) is 0 Å². The molecule has 1 aliphatic heterocycles. The number of ether oxygens (including phenoxy) is 1. The lowest BCUT2D eigenvalue weighted by molar-refractivity contribution is -0.186. The summed E-state index contributed by atoms with van der Waals surface area (Å²) in [4.78, 5) is 22.3. The second-order valence-electron chi connectivity index (χ2n) is 7.97. The number of nitrogens with two attached hydrogens (primary N) is 1. The van der Waals surface area contributed by atoms with Crippen LogP contribution in [0.5, 0.6) is 0 Å². The van der Waals surface area contributed by atoms with Crippen molar-refractivity contribution in [3.8, 4) is 0 Å². The van der Waals surface area contributed by atoms with Gasteiger partial charge in [-0.3, -0.25) is 9.59 Å². The number of rotatable bonds is 18. The van der Waals surface area contributed by atoms with E-state index in [1.54, 1.807) is 0 Å². The lowest BCUT2D eigenvalue weighted by Gasteiger charge is -2.35. The molecule has 4 heteroatoms. The van der Waals surface area contributed by atoms with Crippen LogP contribution < -0.4 is 5.73 Å². The Labute approximate surface area is 160 Å². The molecule has 0 spiro atoms. The van der Waals surface area contributed by atoms with E-state index in [-0.39, 0.29) is 23.9 Å². The van der Waals surface area contributed by atoms with E-state index in [9.17, 15) is 9.59 Å². The first-order chi connectivity index (χ1) is 12.6. The third-order valence-electron chi connectivity index (χ3n) is 5.55. The van der Waals surface area contributed by atoms with Gasteiger partial charge in [0.25, 0.3) is 0 Å². The zero-order chi connectivity index (χ0) is 19.0. The van der Waals surface area contributed by atoms with E-state index in [0.29, 0.717) is 6.42 Å². The third-order valence-corrected chi connectivity index (χ3v) is 5.55. The number of primary amides is 1. The number of carbonyl (C=O) groups is 2. The molecule has 1 fully saturated rings. The van der Waals surface area contributed by atoms with Gasteiger partial charge in [-0.1, -0.05) is 84.0 Å². The van der Waals surface area contributed by atoms with Crippen LogP contribution in [0, 0.1) is 5.92 Å². The average molecular weight is 368 g/mol. The Morgan fingerprint density at radius 1 is 0.808 bits per heavy atom. The van der Waals surface area contributed by atoms with E-state index in [1.165, 1.54) is 70.6 Å². The molecule has 2 atom stereocenters. The van der Waals surface area contributed by atoms with Crippen molar-refractivity contribution in [2.45, 2.75) is 122 Å². The molecule has 1 saturated heterocycles. The van der Waals surface area contributed by atoms with Crippen molar-refractivity contribution in [2.24, 2.45) is 11.7 Å². The lowest BCUT2D eigenvalue weighted by Crippen LogP contribution is -2.44. The van der Waals surface area contributed by atoms with Crippen LogP contribution >= 0.6 is 0 Å². The van der Waals surface area contributed by atoms with Crippen LogP contribution in [0.4, 0.5) is 0 Å². The maximum Gasteiger partial charge on any atom is 0.313 e. The van der Waals surface area contributed by atoms with Gasteiger partial charge in [0.2, 0.25) is 5.91 Å². The SMILES string of the molecule is CCCCCCCCCCCCC[C@H]1OC(=O)[C@@H]1CCCCCC(N)=O. The molecule has 0 bridgehead atoms. The van der Waals surface area contributed by atoms with Crippen molar-refractivity contribution in [2.75, 3.05) is 0 Å². The Balaban J connectivity index is 1.90. The van der Waals surface area contributed by atoms with Crippen LogP contribution in [-0.2, 0) is 14.3 Å². The summed E-state index contributed by atoms with van der Waals surface area (Å²) >= 11 is 0. The molecule has 152 valence electrons. The van der Waals surface area contributed by atoms with Gasteiger partial charge < -0.3 is 10.5 Å². The number of hydrogen-bond donors (Lipinski definition) is 1. The Morgan fingerprint density at radius 2 is 1.31 bits per heavy atom. The van der Waals surface area contributed by atoms with Gasteiger partial charge in [0.1, 0.15) is 6.10 Å². The number of carbonyl (C=O) groups excluding carboxylic acids is 2. The Kier molecular flexibility index (Phi) is 13.3. The molecule has 0 aliphatic carbocycles. The topological polar surface area (TPSA) is 69.4 Å². The van der Waals surface area contributed by atoms with E-state index >= 15 is 0 Å². The molecule has 0 saturated carbocycles. The minimum atomic E-state index is -0.234. The highest BCUT2D eigenvalue weighted by Crippen LogP contribution is 2.31. The standard InChI is InChI=1S/C22H41NO3/c1-2-3-4-5-6-7-8-9-10-11-14-17-20-19(22(25)26-20)16-13-12-15-18-21(23)24/h19-20H,2-18H2,1H3,(H2,23,24)/t19-,20-/m1/s1. The summed E-state index contributed by atoms with van der Waals surface area (Å²) in [6, 6.07) is 0. The summed E-state index contributed by atoms with van der Waals surface area (Å²) in [5, 5.41) is 0. The first kappa shape index (κ1) is 23.0. The Bertz CT molecular complexity index is 384. The van der Waals surface area contributed by atoms with Crippen LogP contribution in [0.2, 0.25) is 0 Å². The lowest BCUT2D eigenvalue weighted by atomic mass is 9.87. The largest absolute Gasteiger partial charge is 0.461 e. The first-order valence-corrected chi connectivity index (χ1v) is 11.1. The normalized spacial score (nSPS) is 19.2. The third kappa shape index (κ3) is 10.8. The van der Waals surface area contributed by atoms with Crippen molar-refractivity contribution in [1.82, 2.24) is 0 Å². The van der Waals surface area contributed by atoms with E-state index in [0.717, 1.165) is 32.1 Å². The molecule has 0 aromatic carbocycles. The van der Waals surface area contributed by atoms with Gasteiger partial charge in [-0.15, -0.1) is 0 Å². The number of esters is 1. The summed E-state index contributed by atoms with van der Waals surface area (Å²) in [6.07, 6.45) is 20.1. The number of hydrogen-bond acceptors (Lipinski definition) is 3. The van der Waals surface area contributed by atoms with E-state index < -0.39 is 0 Å². The van der Waals surface area contributed by atoms with Crippen molar-refractivity contribution in [3.63, 3.8) is 0 Å². The fourth-order valence-corrected chi connectivity index (χ4v) is 3.81. The van der Waals surface area contributed by atoms with Gasteiger partial charge >= 0.3 is 5.97 Å². The van der Waals surface area contributed by atoms with Gasteiger partial charge in [0.15, 0.2) is 0 Å². The quantitative estimate of drug-likeness (QED) is 0.251. The molecule has 1 amide bonds. The Morgan fingerprint density at radius 3 is 1.85 bits per heavy atom. The highest BCUT2D eigenvalue weighted by atomic mass is 16.6. The van der Waals surface area contributed by atoms with Crippen LogP contribution in [0.1, 0.15) is 116 Å². The molecular weight excluding hydrogens is 326 g/mol. The maximum atomic E-state index is 11.6. The van der Waals surface area contributed by atoms with E-state index in [2.05, 4.69) is 6.92 Å². The highest BCUT2D eigenvalue weighted by molar-refractivity contribution is 5.78. The van der Waals surface area contributed by atoms with Gasteiger partial charge in [-0.05, 0) is 25.7 Å². The monoisotopic (exact) mass is 367 g/mol. The van der Waals surface area contributed by atoms with Crippen LogP contribution in [0.15, 0.2) is 0 Å². The minimum Gasteiger partial charge on any atom is -0.461 e. The second kappa shape index (κ2) is 15.0. The Hall–Kier alpha value is -1.06. The van der Waals surface area contributed by atoms with E-state index in [1.807, 2.05) is 0 Å². The molecule has 1 rings (SSSR count). The molecular formula is C22H41NO3. The molecule has 0 unspecified atom stereocenters. The second-order valence-corrected chi connectivity index (χ2v) is 7.97. The van der Waals surface area contributed by atoms with Gasteiger partial charge in [0.05, 0.1) is 5.92 Å². The number of cyclic esters (lactones) is 1. The average Bonchev–Trinajstić information content (AvgIpc) is 2.61. The van der Waals surface area contributed by atoms with Crippen molar-refractivity contribution >= 4 is 11.9 Å². The number of unbranched alkanes of at least 4 members (excludes halogenated alkanes) is 12.